The maximum absolute atomic E-state index is 5.58. The van der Waals surface area contributed by atoms with Crippen molar-refractivity contribution in [2.24, 2.45) is 10.9 Å². The van der Waals surface area contributed by atoms with Crippen molar-refractivity contribution in [1.82, 2.24) is 15.6 Å². The average Bonchev–Trinajstić information content (AvgIpc) is 2.78. The van der Waals surface area contributed by atoms with E-state index in [0.717, 1.165) is 49.2 Å². The zero-order valence-electron chi connectivity index (χ0n) is 14.5. The standard InChI is InChI=1S/C16H30N4OS/c1-12(2)7-10-21-11-9-19-16(17-5)18-8-6-15-13(3)20-14(4)22-15/h12H,6-11H2,1-5H3,(H2,17,18,19). The van der Waals surface area contributed by atoms with E-state index in [1.165, 1.54) is 4.88 Å². The highest BCUT2D eigenvalue weighted by Gasteiger charge is 2.05. The van der Waals surface area contributed by atoms with Gasteiger partial charge in [0.15, 0.2) is 5.96 Å². The van der Waals surface area contributed by atoms with Crippen molar-refractivity contribution in [2.75, 3.05) is 33.4 Å². The molecule has 0 amide bonds. The van der Waals surface area contributed by atoms with Crippen LogP contribution in [0.1, 0.15) is 35.8 Å². The lowest BCUT2D eigenvalue weighted by atomic mass is 10.1. The molecule has 0 fully saturated rings. The first-order chi connectivity index (χ1) is 10.5. The summed E-state index contributed by atoms with van der Waals surface area (Å²) in [5.41, 5.74) is 1.14. The van der Waals surface area contributed by atoms with Gasteiger partial charge >= 0.3 is 0 Å². The van der Waals surface area contributed by atoms with Crippen LogP contribution in [0.25, 0.3) is 0 Å². The molecular weight excluding hydrogens is 296 g/mol. The van der Waals surface area contributed by atoms with Gasteiger partial charge in [0.25, 0.3) is 0 Å². The number of thiazole rings is 1. The monoisotopic (exact) mass is 326 g/mol. The third-order valence-corrected chi connectivity index (χ3v) is 4.38. The maximum atomic E-state index is 5.58. The van der Waals surface area contributed by atoms with Gasteiger partial charge in [-0.25, -0.2) is 4.98 Å². The van der Waals surface area contributed by atoms with Gasteiger partial charge in [0.2, 0.25) is 0 Å². The third kappa shape index (κ3) is 7.75. The molecule has 126 valence electrons. The predicted octanol–water partition coefficient (Wildman–Crippen LogP) is 2.53. The second kappa shape index (κ2) is 10.6. The molecule has 0 radical (unpaired) electrons. The molecule has 0 bridgehead atoms. The Bertz CT molecular complexity index is 457. The van der Waals surface area contributed by atoms with Gasteiger partial charge in [-0.05, 0) is 26.2 Å². The number of guanidine groups is 1. The first-order valence-corrected chi connectivity index (χ1v) is 8.79. The van der Waals surface area contributed by atoms with Crippen LogP contribution >= 0.6 is 11.3 Å². The van der Waals surface area contributed by atoms with Crippen LogP contribution in [0, 0.1) is 19.8 Å². The van der Waals surface area contributed by atoms with Crippen LogP contribution in [0.15, 0.2) is 4.99 Å². The van der Waals surface area contributed by atoms with Gasteiger partial charge in [0.1, 0.15) is 0 Å². The first-order valence-electron chi connectivity index (χ1n) is 7.98. The van der Waals surface area contributed by atoms with E-state index in [2.05, 4.69) is 41.4 Å². The van der Waals surface area contributed by atoms with Crippen molar-refractivity contribution in [3.63, 3.8) is 0 Å². The fourth-order valence-corrected chi connectivity index (χ4v) is 2.92. The molecule has 0 aliphatic carbocycles. The summed E-state index contributed by atoms with van der Waals surface area (Å²) in [7, 11) is 1.79. The van der Waals surface area contributed by atoms with Gasteiger partial charge in [-0.1, -0.05) is 13.8 Å². The fraction of sp³-hybridized carbons (Fsp3) is 0.750. The molecule has 0 atom stereocenters. The lowest BCUT2D eigenvalue weighted by molar-refractivity contribution is 0.128. The number of rotatable bonds is 9. The van der Waals surface area contributed by atoms with E-state index >= 15 is 0 Å². The fourth-order valence-electron chi connectivity index (χ4n) is 1.98. The van der Waals surface area contributed by atoms with Gasteiger partial charge < -0.3 is 15.4 Å². The number of ether oxygens (including phenoxy) is 1. The van der Waals surface area contributed by atoms with Crippen LogP contribution in [0.3, 0.4) is 0 Å². The molecule has 0 spiro atoms. The molecule has 22 heavy (non-hydrogen) atoms. The molecule has 0 aromatic carbocycles. The van der Waals surface area contributed by atoms with Crippen LogP contribution in [0.4, 0.5) is 0 Å². The molecule has 6 heteroatoms. The Morgan fingerprint density at radius 2 is 1.95 bits per heavy atom. The van der Waals surface area contributed by atoms with Gasteiger partial charge in [-0.15, -0.1) is 11.3 Å². The zero-order chi connectivity index (χ0) is 16.4. The summed E-state index contributed by atoms with van der Waals surface area (Å²) in [5.74, 6) is 1.52. The van der Waals surface area contributed by atoms with Crippen LogP contribution in [0.2, 0.25) is 0 Å². The van der Waals surface area contributed by atoms with Crippen LogP contribution < -0.4 is 10.6 Å². The average molecular weight is 327 g/mol. The second-order valence-corrected chi connectivity index (χ2v) is 7.00. The normalized spacial score (nSPS) is 12.0. The third-order valence-electron chi connectivity index (χ3n) is 3.25. The summed E-state index contributed by atoms with van der Waals surface area (Å²) in [6.07, 6.45) is 2.09. The van der Waals surface area contributed by atoms with Crippen molar-refractivity contribution in [2.45, 2.75) is 40.5 Å². The Labute approximate surface area is 138 Å². The molecule has 1 aromatic heterocycles. The molecule has 2 N–H and O–H groups in total. The molecule has 1 heterocycles. The Hall–Kier alpha value is -1.14. The zero-order valence-corrected chi connectivity index (χ0v) is 15.3. The summed E-state index contributed by atoms with van der Waals surface area (Å²) in [6, 6.07) is 0. The largest absolute Gasteiger partial charge is 0.380 e. The van der Waals surface area contributed by atoms with Crippen molar-refractivity contribution in [3.05, 3.63) is 15.6 Å². The molecule has 0 saturated carbocycles. The molecule has 5 nitrogen and oxygen atoms in total. The van der Waals surface area contributed by atoms with E-state index in [-0.39, 0.29) is 0 Å². The molecule has 0 aliphatic rings. The minimum Gasteiger partial charge on any atom is -0.380 e. The van der Waals surface area contributed by atoms with Crippen LogP contribution in [-0.2, 0) is 11.2 Å². The quantitative estimate of drug-likeness (QED) is 0.416. The lowest BCUT2D eigenvalue weighted by Gasteiger charge is -2.12. The predicted molar refractivity (Wildman–Crippen MR) is 94.9 cm³/mol. The van der Waals surface area contributed by atoms with Crippen LogP contribution in [0.5, 0.6) is 0 Å². The van der Waals surface area contributed by atoms with Crippen molar-refractivity contribution < 1.29 is 4.74 Å². The van der Waals surface area contributed by atoms with E-state index in [1.807, 2.05) is 6.92 Å². The SMILES string of the molecule is CN=C(NCCOCCC(C)C)NCCc1sc(C)nc1C. The van der Waals surface area contributed by atoms with Crippen molar-refractivity contribution >= 4 is 17.3 Å². The van der Waals surface area contributed by atoms with E-state index in [9.17, 15) is 0 Å². The van der Waals surface area contributed by atoms with E-state index in [4.69, 9.17) is 4.74 Å². The molecular formula is C16H30N4OS. The lowest BCUT2D eigenvalue weighted by Crippen LogP contribution is -2.39. The number of hydrogen-bond donors (Lipinski definition) is 2. The number of aryl methyl sites for hydroxylation is 2. The Kier molecular flexibility index (Phi) is 9.08. The summed E-state index contributed by atoms with van der Waals surface area (Å²) < 4.78 is 5.58. The summed E-state index contributed by atoms with van der Waals surface area (Å²) in [6.45, 7) is 11.7. The van der Waals surface area contributed by atoms with Crippen molar-refractivity contribution in [1.29, 1.82) is 0 Å². The summed E-state index contributed by atoms with van der Waals surface area (Å²) in [4.78, 5) is 10.0. The Morgan fingerprint density at radius 1 is 1.23 bits per heavy atom. The van der Waals surface area contributed by atoms with Crippen LogP contribution in [-0.4, -0.2) is 44.3 Å². The highest BCUT2D eigenvalue weighted by Crippen LogP contribution is 2.16. The highest BCUT2D eigenvalue weighted by molar-refractivity contribution is 7.11. The van der Waals surface area contributed by atoms with Gasteiger partial charge in [0.05, 0.1) is 17.3 Å². The molecule has 1 rings (SSSR count). The first kappa shape index (κ1) is 18.9. The number of nitrogens with zero attached hydrogens (tertiary/aromatic N) is 2. The van der Waals surface area contributed by atoms with E-state index in [0.29, 0.717) is 12.5 Å². The van der Waals surface area contributed by atoms with Crippen molar-refractivity contribution in [3.8, 4) is 0 Å². The maximum Gasteiger partial charge on any atom is 0.191 e. The highest BCUT2D eigenvalue weighted by atomic mass is 32.1. The van der Waals surface area contributed by atoms with E-state index < -0.39 is 0 Å². The van der Waals surface area contributed by atoms with Gasteiger partial charge in [0, 0.05) is 38.0 Å². The van der Waals surface area contributed by atoms with Gasteiger partial charge in [-0.3, -0.25) is 4.99 Å². The Morgan fingerprint density at radius 3 is 2.55 bits per heavy atom. The summed E-state index contributed by atoms with van der Waals surface area (Å²) in [5, 5.41) is 7.72. The number of hydrogen-bond acceptors (Lipinski definition) is 4. The molecule has 1 aromatic rings. The number of nitrogens with one attached hydrogen (secondary N) is 2. The minimum absolute atomic E-state index is 0.696. The number of aliphatic imine (C=N–C) groups is 1. The number of aromatic nitrogens is 1. The minimum atomic E-state index is 0.696. The summed E-state index contributed by atoms with van der Waals surface area (Å²) >= 11 is 1.77. The second-order valence-electron chi connectivity index (χ2n) is 5.71. The molecule has 0 saturated heterocycles. The molecule has 0 unspecified atom stereocenters. The van der Waals surface area contributed by atoms with Gasteiger partial charge in [-0.2, -0.15) is 0 Å². The molecule has 0 aliphatic heterocycles. The smallest absolute Gasteiger partial charge is 0.191 e. The van der Waals surface area contributed by atoms with E-state index in [1.54, 1.807) is 18.4 Å². The Balaban J connectivity index is 2.13. The topological polar surface area (TPSA) is 58.5 Å².